The fraction of sp³-hybridized carbons (Fsp3) is 0.250. The Labute approximate surface area is 171 Å². The van der Waals surface area contributed by atoms with E-state index < -0.39 is 17.2 Å². The highest BCUT2D eigenvalue weighted by Gasteiger charge is 2.54. The van der Waals surface area contributed by atoms with E-state index in [-0.39, 0.29) is 0 Å². The van der Waals surface area contributed by atoms with Gasteiger partial charge in [0.15, 0.2) is 5.72 Å². The number of benzene rings is 3. The van der Waals surface area contributed by atoms with Crippen LogP contribution in [-0.2, 0) is 5.41 Å². The Kier molecular flexibility index (Phi) is 5.94. The van der Waals surface area contributed by atoms with Gasteiger partial charge >= 0.3 is 0 Å². The second-order valence-electron chi connectivity index (χ2n) is 7.07. The first-order valence-electron chi connectivity index (χ1n) is 9.41. The Morgan fingerprint density at radius 2 is 1.10 bits per heavy atom. The summed E-state index contributed by atoms with van der Waals surface area (Å²) in [4.78, 5) is 0. The Morgan fingerprint density at radius 1 is 0.724 bits per heavy atom. The van der Waals surface area contributed by atoms with Crippen molar-refractivity contribution < 1.29 is 19.7 Å². The molecule has 0 spiro atoms. The lowest BCUT2D eigenvalue weighted by molar-refractivity contribution is -0.0949. The first-order chi connectivity index (χ1) is 13.9. The third kappa shape index (κ3) is 3.49. The van der Waals surface area contributed by atoms with Gasteiger partial charge in [0, 0.05) is 0 Å². The van der Waals surface area contributed by atoms with E-state index in [0.717, 1.165) is 16.7 Å². The highest BCUT2D eigenvalue weighted by Crippen LogP contribution is 2.47. The van der Waals surface area contributed by atoms with Gasteiger partial charge in [-0.25, -0.2) is 0 Å². The molecule has 4 N–H and O–H groups in total. The fourth-order valence-corrected chi connectivity index (χ4v) is 3.88. The number of ether oxygens (including phenoxy) is 2. The van der Waals surface area contributed by atoms with E-state index >= 15 is 0 Å². The van der Waals surface area contributed by atoms with Crippen LogP contribution in [0.15, 0.2) is 78.9 Å². The number of methoxy groups -OCH3 is 2. The highest BCUT2D eigenvalue weighted by molar-refractivity contribution is 5.55. The molecule has 0 amide bonds. The smallest absolute Gasteiger partial charge is 0.157 e. The molecular formula is C24H27NO4. The maximum absolute atomic E-state index is 11.6. The van der Waals surface area contributed by atoms with Crippen LogP contribution >= 0.6 is 0 Å². The molecule has 0 heterocycles. The van der Waals surface area contributed by atoms with Crippen molar-refractivity contribution in [3.05, 3.63) is 95.6 Å². The summed E-state index contributed by atoms with van der Waals surface area (Å²) in [6, 6.07) is 24.1. The molecule has 0 aliphatic carbocycles. The van der Waals surface area contributed by atoms with E-state index in [4.69, 9.17) is 15.2 Å². The predicted octanol–water partition coefficient (Wildman–Crippen LogP) is 3.07. The van der Waals surface area contributed by atoms with Gasteiger partial charge in [-0.15, -0.1) is 0 Å². The molecule has 0 radical (unpaired) electrons. The first kappa shape index (κ1) is 20.9. The second-order valence-corrected chi connectivity index (χ2v) is 7.07. The second kappa shape index (κ2) is 8.25. The molecular weight excluding hydrogens is 366 g/mol. The minimum atomic E-state index is -2.02. The average Bonchev–Trinajstić information content (AvgIpc) is 2.75. The molecule has 0 bridgehead atoms. The van der Waals surface area contributed by atoms with E-state index in [1.54, 1.807) is 14.2 Å². The van der Waals surface area contributed by atoms with E-state index in [0.29, 0.717) is 11.5 Å². The number of aliphatic hydroxyl groups is 2. The van der Waals surface area contributed by atoms with Crippen molar-refractivity contribution in [3.8, 4) is 11.5 Å². The molecule has 0 aromatic heterocycles. The van der Waals surface area contributed by atoms with E-state index in [1.807, 2.05) is 78.9 Å². The summed E-state index contributed by atoms with van der Waals surface area (Å²) in [7, 11) is 3.19. The topological polar surface area (TPSA) is 84.9 Å². The van der Waals surface area contributed by atoms with Crippen molar-refractivity contribution in [2.75, 3.05) is 14.2 Å². The zero-order valence-corrected chi connectivity index (χ0v) is 16.9. The van der Waals surface area contributed by atoms with Crippen LogP contribution in [0.1, 0.15) is 23.6 Å². The van der Waals surface area contributed by atoms with Gasteiger partial charge in [0.05, 0.1) is 25.7 Å². The third-order valence-electron chi connectivity index (χ3n) is 5.49. The normalized spacial score (nSPS) is 14.7. The quantitative estimate of drug-likeness (QED) is 0.424. The maximum Gasteiger partial charge on any atom is 0.157 e. The minimum Gasteiger partial charge on any atom is -0.497 e. The molecule has 0 aliphatic heterocycles. The highest BCUT2D eigenvalue weighted by atomic mass is 16.5. The zero-order chi connectivity index (χ0) is 21.1. The molecule has 2 unspecified atom stereocenters. The molecule has 3 aromatic rings. The Bertz CT molecular complexity index is 872. The monoisotopic (exact) mass is 393 g/mol. The number of nitrogens with two attached hydrogens (primary N) is 1. The predicted molar refractivity (Wildman–Crippen MR) is 113 cm³/mol. The van der Waals surface area contributed by atoms with Crippen molar-refractivity contribution in [1.82, 2.24) is 0 Å². The van der Waals surface area contributed by atoms with Gasteiger partial charge in [-0.3, -0.25) is 0 Å². The lowest BCUT2D eigenvalue weighted by atomic mass is 9.61. The molecule has 0 saturated carbocycles. The van der Waals surface area contributed by atoms with Gasteiger partial charge in [-0.1, -0.05) is 54.6 Å². The average molecular weight is 393 g/mol. The summed E-state index contributed by atoms with van der Waals surface area (Å²) in [6.45, 7) is 1.49. The SMILES string of the molecule is COc1ccc(C(c2ccccc2)(c2ccc(OC)cc2)C(N)(O)C(C)O)cc1. The third-order valence-corrected chi connectivity index (χ3v) is 5.49. The summed E-state index contributed by atoms with van der Waals surface area (Å²) in [5, 5.41) is 22.2. The van der Waals surface area contributed by atoms with Crippen LogP contribution in [0, 0.1) is 0 Å². The van der Waals surface area contributed by atoms with E-state index in [2.05, 4.69) is 0 Å². The molecule has 5 heteroatoms. The van der Waals surface area contributed by atoms with Gasteiger partial charge < -0.3 is 25.4 Å². The van der Waals surface area contributed by atoms with Crippen molar-refractivity contribution >= 4 is 0 Å². The van der Waals surface area contributed by atoms with Crippen molar-refractivity contribution in [2.45, 2.75) is 24.2 Å². The van der Waals surface area contributed by atoms with Gasteiger partial charge in [0.1, 0.15) is 11.5 Å². The van der Waals surface area contributed by atoms with Crippen LogP contribution in [0.5, 0.6) is 11.5 Å². The van der Waals surface area contributed by atoms with Gasteiger partial charge in [-0.05, 0) is 47.9 Å². The molecule has 3 aromatic carbocycles. The largest absolute Gasteiger partial charge is 0.497 e. The van der Waals surface area contributed by atoms with E-state index in [1.165, 1.54) is 6.92 Å². The lowest BCUT2D eigenvalue weighted by Crippen LogP contribution is -2.65. The number of hydrogen-bond acceptors (Lipinski definition) is 5. The number of hydrogen-bond donors (Lipinski definition) is 3. The van der Waals surface area contributed by atoms with Crippen LogP contribution in [-0.4, -0.2) is 36.3 Å². The summed E-state index contributed by atoms with van der Waals surface area (Å²) in [5.41, 5.74) is 5.45. The van der Waals surface area contributed by atoms with Gasteiger partial charge in [0.2, 0.25) is 0 Å². The molecule has 0 aliphatic rings. The van der Waals surface area contributed by atoms with Crippen LogP contribution in [0.3, 0.4) is 0 Å². The molecule has 5 nitrogen and oxygen atoms in total. The Morgan fingerprint density at radius 3 is 1.45 bits per heavy atom. The van der Waals surface area contributed by atoms with Crippen LogP contribution in [0.25, 0.3) is 0 Å². The van der Waals surface area contributed by atoms with Gasteiger partial charge in [-0.2, -0.15) is 0 Å². The molecule has 3 rings (SSSR count). The standard InChI is InChI=1S/C24H27NO4/c1-17(26)24(25,27)23(18-7-5-4-6-8-18,19-9-13-21(28-2)14-10-19)20-11-15-22(29-3)16-12-20/h4-17,26-27H,25H2,1-3H3. The summed E-state index contributed by atoms with van der Waals surface area (Å²) >= 11 is 0. The van der Waals surface area contributed by atoms with Gasteiger partial charge in [0.25, 0.3) is 0 Å². The van der Waals surface area contributed by atoms with E-state index in [9.17, 15) is 10.2 Å². The number of rotatable bonds is 7. The summed E-state index contributed by atoms with van der Waals surface area (Å²) in [5.74, 6) is 1.37. The molecule has 2 atom stereocenters. The Balaban J connectivity index is 2.40. The lowest BCUT2D eigenvalue weighted by Gasteiger charge is -2.48. The first-order valence-corrected chi connectivity index (χ1v) is 9.41. The van der Waals surface area contributed by atoms with Crippen LogP contribution in [0.2, 0.25) is 0 Å². The summed E-state index contributed by atoms with van der Waals surface area (Å²) < 4.78 is 10.6. The zero-order valence-electron chi connectivity index (χ0n) is 16.9. The maximum atomic E-state index is 11.6. The van der Waals surface area contributed by atoms with Crippen LogP contribution in [0.4, 0.5) is 0 Å². The molecule has 152 valence electrons. The molecule has 0 fully saturated rings. The summed E-state index contributed by atoms with van der Waals surface area (Å²) in [6.07, 6.45) is -1.23. The molecule has 29 heavy (non-hydrogen) atoms. The van der Waals surface area contributed by atoms with Crippen molar-refractivity contribution in [1.29, 1.82) is 0 Å². The van der Waals surface area contributed by atoms with Crippen LogP contribution < -0.4 is 15.2 Å². The molecule has 0 saturated heterocycles. The van der Waals surface area contributed by atoms with Crippen molar-refractivity contribution in [3.63, 3.8) is 0 Å². The van der Waals surface area contributed by atoms with Crippen molar-refractivity contribution in [2.24, 2.45) is 5.73 Å². The Hall–Kier alpha value is -2.86. The minimum absolute atomic E-state index is 0.683. The number of aliphatic hydroxyl groups excluding tert-OH is 1. The fourth-order valence-electron chi connectivity index (χ4n) is 3.88.